The number of aromatic nitrogens is 1. The van der Waals surface area contributed by atoms with E-state index in [1.165, 1.54) is 6.07 Å². The van der Waals surface area contributed by atoms with Crippen molar-refractivity contribution in [2.45, 2.75) is 44.2 Å². The minimum atomic E-state index is -0.543. The first-order valence-electron chi connectivity index (χ1n) is 9.52. The van der Waals surface area contributed by atoms with E-state index in [1.807, 2.05) is 11.0 Å². The van der Waals surface area contributed by atoms with Gasteiger partial charge < -0.3 is 15.5 Å². The fourth-order valence-electron chi connectivity index (χ4n) is 4.79. The Balaban J connectivity index is 1.67. The van der Waals surface area contributed by atoms with Crippen LogP contribution in [0.2, 0.25) is 0 Å². The number of pyridine rings is 1. The van der Waals surface area contributed by atoms with Gasteiger partial charge in [0, 0.05) is 56.2 Å². The number of fused-ring (bicyclic) bond motifs is 4. The molecule has 7 nitrogen and oxygen atoms in total. The average Bonchev–Trinajstić information content (AvgIpc) is 2.63. The van der Waals surface area contributed by atoms with Crippen molar-refractivity contribution >= 4 is 11.8 Å². The highest BCUT2D eigenvalue weighted by molar-refractivity contribution is 5.82. The number of amides is 2. The van der Waals surface area contributed by atoms with E-state index in [9.17, 15) is 14.4 Å². The fourth-order valence-corrected chi connectivity index (χ4v) is 4.79. The largest absolute Gasteiger partial charge is 0.350 e. The van der Waals surface area contributed by atoms with Crippen molar-refractivity contribution in [3.05, 3.63) is 34.2 Å². The van der Waals surface area contributed by atoms with Crippen molar-refractivity contribution in [1.29, 1.82) is 0 Å². The molecule has 0 unspecified atom stereocenters. The van der Waals surface area contributed by atoms with Crippen molar-refractivity contribution in [1.82, 2.24) is 20.1 Å². The second-order valence-electron chi connectivity index (χ2n) is 7.77. The van der Waals surface area contributed by atoms with Crippen LogP contribution in [0.1, 0.15) is 43.8 Å². The van der Waals surface area contributed by atoms with Gasteiger partial charge in [0.2, 0.25) is 11.8 Å². The number of piperidine rings is 2. The van der Waals surface area contributed by atoms with Crippen molar-refractivity contribution in [3.63, 3.8) is 0 Å². The van der Waals surface area contributed by atoms with Gasteiger partial charge in [0.15, 0.2) is 0 Å². The predicted octanol–water partition coefficient (Wildman–Crippen LogP) is 0.223. The Morgan fingerprint density at radius 3 is 2.85 bits per heavy atom. The lowest BCUT2D eigenvalue weighted by Gasteiger charge is -2.46. The molecule has 140 valence electrons. The van der Waals surface area contributed by atoms with Gasteiger partial charge in [-0.2, -0.15) is 0 Å². The summed E-state index contributed by atoms with van der Waals surface area (Å²) in [5.41, 5.74) is 0.747. The molecule has 1 aromatic rings. The molecule has 2 bridgehead atoms. The Kier molecular flexibility index (Phi) is 4.56. The molecule has 0 aliphatic carbocycles. The van der Waals surface area contributed by atoms with Gasteiger partial charge in [-0.15, -0.1) is 0 Å². The third kappa shape index (κ3) is 3.05. The Labute approximate surface area is 152 Å². The van der Waals surface area contributed by atoms with E-state index in [0.717, 1.165) is 38.0 Å². The molecule has 2 amide bonds. The van der Waals surface area contributed by atoms with Crippen LogP contribution in [0.5, 0.6) is 0 Å². The molecule has 7 heteroatoms. The summed E-state index contributed by atoms with van der Waals surface area (Å²) in [6, 6.07) is 4.76. The molecule has 2 saturated heterocycles. The van der Waals surface area contributed by atoms with Crippen LogP contribution >= 0.6 is 0 Å². The average molecular weight is 358 g/mol. The van der Waals surface area contributed by atoms with E-state index < -0.39 is 6.04 Å². The zero-order chi connectivity index (χ0) is 18.3. The minimum absolute atomic E-state index is 0.0261. The number of carbonyl (C=O) groups is 2. The normalized spacial score (nSPS) is 30.4. The summed E-state index contributed by atoms with van der Waals surface area (Å²) in [5, 5.41) is 6.44. The van der Waals surface area contributed by atoms with Crippen LogP contribution in [0, 0.1) is 5.92 Å². The lowest BCUT2D eigenvalue weighted by molar-refractivity contribution is -0.136. The van der Waals surface area contributed by atoms with E-state index >= 15 is 0 Å². The van der Waals surface area contributed by atoms with Gasteiger partial charge >= 0.3 is 0 Å². The monoisotopic (exact) mass is 358 g/mol. The molecule has 0 saturated carbocycles. The highest BCUT2D eigenvalue weighted by Gasteiger charge is 2.44. The second-order valence-corrected chi connectivity index (χ2v) is 7.77. The molecular weight excluding hydrogens is 332 g/mol. The molecule has 4 rings (SSSR count). The summed E-state index contributed by atoms with van der Waals surface area (Å²) in [7, 11) is 0. The lowest BCUT2D eigenvalue weighted by Crippen LogP contribution is -2.56. The third-order valence-electron chi connectivity index (χ3n) is 6.00. The summed E-state index contributed by atoms with van der Waals surface area (Å²) in [6.45, 7) is 4.48. The molecule has 0 spiro atoms. The molecule has 1 aromatic heterocycles. The van der Waals surface area contributed by atoms with Gasteiger partial charge in [-0.1, -0.05) is 6.07 Å². The predicted molar refractivity (Wildman–Crippen MR) is 96.9 cm³/mol. The van der Waals surface area contributed by atoms with Crippen LogP contribution in [-0.4, -0.2) is 53.5 Å². The number of rotatable bonds is 2. The van der Waals surface area contributed by atoms with E-state index in [-0.39, 0.29) is 35.3 Å². The molecule has 2 N–H and O–H groups in total. The van der Waals surface area contributed by atoms with Crippen molar-refractivity contribution in [3.8, 4) is 0 Å². The SMILES string of the molecule is CC(=O)N1C[C@H]2C[C@@H](C1)[C@H](C(=O)N[C@H]1CCCNC1)n1c2cccc1=O. The number of nitrogens with one attached hydrogen (secondary N) is 2. The molecule has 2 fully saturated rings. The summed E-state index contributed by atoms with van der Waals surface area (Å²) >= 11 is 0. The first-order chi connectivity index (χ1) is 12.5. The zero-order valence-electron chi connectivity index (χ0n) is 15.1. The standard InChI is InChI=1S/C19H26N4O3/c1-12(24)22-10-13-8-14(11-22)18(23-16(13)5-2-6-17(23)25)19(26)21-15-4-3-7-20-9-15/h2,5-6,13-15,18,20H,3-4,7-11H2,1H3,(H,21,26)/t13-,14+,15+,18-/m1/s1. The molecule has 4 heterocycles. The van der Waals surface area contributed by atoms with E-state index in [1.54, 1.807) is 17.6 Å². The first kappa shape index (κ1) is 17.3. The summed E-state index contributed by atoms with van der Waals surface area (Å²) < 4.78 is 1.68. The Morgan fingerprint density at radius 2 is 2.12 bits per heavy atom. The van der Waals surface area contributed by atoms with Crippen LogP contribution in [0.25, 0.3) is 0 Å². The zero-order valence-corrected chi connectivity index (χ0v) is 15.1. The third-order valence-corrected chi connectivity index (χ3v) is 6.00. The highest BCUT2D eigenvalue weighted by atomic mass is 16.2. The molecule has 0 radical (unpaired) electrons. The summed E-state index contributed by atoms with van der Waals surface area (Å²) in [5.74, 6) is 0.0258. The van der Waals surface area contributed by atoms with Gasteiger partial charge in [0.1, 0.15) is 6.04 Å². The van der Waals surface area contributed by atoms with E-state index in [4.69, 9.17) is 0 Å². The van der Waals surface area contributed by atoms with Crippen molar-refractivity contribution in [2.24, 2.45) is 5.92 Å². The van der Waals surface area contributed by atoms with Crippen molar-refractivity contribution < 1.29 is 9.59 Å². The summed E-state index contributed by atoms with van der Waals surface area (Å²) in [4.78, 5) is 39.5. The molecule has 4 atom stereocenters. The van der Waals surface area contributed by atoms with Crippen LogP contribution in [0.3, 0.4) is 0 Å². The fraction of sp³-hybridized carbons (Fsp3) is 0.632. The van der Waals surface area contributed by atoms with Gasteiger partial charge in [-0.3, -0.25) is 19.0 Å². The number of carbonyl (C=O) groups excluding carboxylic acids is 2. The molecule has 3 aliphatic heterocycles. The quantitative estimate of drug-likeness (QED) is 0.792. The van der Waals surface area contributed by atoms with Gasteiger partial charge in [0.05, 0.1) is 0 Å². The van der Waals surface area contributed by atoms with Crippen molar-refractivity contribution in [2.75, 3.05) is 26.2 Å². The van der Waals surface area contributed by atoms with Gasteiger partial charge in [0.25, 0.3) is 5.56 Å². The van der Waals surface area contributed by atoms with Crippen LogP contribution in [0.15, 0.2) is 23.0 Å². The van der Waals surface area contributed by atoms with Crippen LogP contribution < -0.4 is 16.2 Å². The maximum absolute atomic E-state index is 13.2. The van der Waals surface area contributed by atoms with Crippen LogP contribution in [0.4, 0.5) is 0 Å². The van der Waals surface area contributed by atoms with Crippen LogP contribution in [-0.2, 0) is 9.59 Å². The first-order valence-corrected chi connectivity index (χ1v) is 9.52. The lowest BCUT2D eigenvalue weighted by atomic mass is 9.78. The molecule has 0 aromatic carbocycles. The topological polar surface area (TPSA) is 83.4 Å². The minimum Gasteiger partial charge on any atom is -0.350 e. The Bertz CT molecular complexity index is 768. The number of likely N-dealkylation sites (tertiary alicyclic amines) is 1. The van der Waals surface area contributed by atoms with E-state index in [0.29, 0.717) is 13.1 Å². The van der Waals surface area contributed by atoms with Gasteiger partial charge in [-0.25, -0.2) is 0 Å². The summed E-state index contributed by atoms with van der Waals surface area (Å²) in [6.07, 6.45) is 2.83. The number of hydrogen-bond acceptors (Lipinski definition) is 4. The van der Waals surface area contributed by atoms with E-state index in [2.05, 4.69) is 10.6 Å². The molecular formula is C19H26N4O3. The van der Waals surface area contributed by atoms with Gasteiger partial charge in [-0.05, 0) is 31.9 Å². The Hall–Kier alpha value is -2.15. The molecule has 3 aliphatic rings. The highest BCUT2D eigenvalue weighted by Crippen LogP contribution is 2.41. The smallest absolute Gasteiger partial charge is 0.251 e. The second kappa shape index (κ2) is 6.87. The number of hydrogen-bond donors (Lipinski definition) is 2. The molecule has 26 heavy (non-hydrogen) atoms. The Morgan fingerprint density at radius 1 is 1.27 bits per heavy atom. The maximum atomic E-state index is 13.2. The maximum Gasteiger partial charge on any atom is 0.251 e. The number of nitrogens with zero attached hydrogens (tertiary/aromatic N) is 2.